The molecule has 2 atom stereocenters. The number of methoxy groups -OCH3 is 1. The largest absolute Gasteiger partial charge is 0.858 e. The van der Waals surface area contributed by atoms with Gasteiger partial charge in [0.2, 0.25) is 5.27 Å². The van der Waals surface area contributed by atoms with E-state index in [-0.39, 0.29) is 11.8 Å². The summed E-state index contributed by atoms with van der Waals surface area (Å²) in [7, 11) is 1.58. The Balaban J connectivity index is 1.79. The lowest BCUT2D eigenvalue weighted by molar-refractivity contribution is -0.766. The van der Waals surface area contributed by atoms with E-state index >= 15 is 0 Å². The van der Waals surface area contributed by atoms with Crippen LogP contribution >= 0.6 is 0 Å². The van der Waals surface area contributed by atoms with Crippen molar-refractivity contribution in [2.24, 2.45) is 4.99 Å². The van der Waals surface area contributed by atoms with Crippen LogP contribution in [0.2, 0.25) is 0 Å². The molecule has 1 fully saturated rings. The van der Waals surface area contributed by atoms with Crippen molar-refractivity contribution in [2.75, 3.05) is 12.1 Å². The minimum atomic E-state index is -0.374. The van der Waals surface area contributed by atoms with Crippen molar-refractivity contribution >= 4 is 11.8 Å². The lowest BCUT2D eigenvalue weighted by Gasteiger charge is -2.31. The van der Waals surface area contributed by atoms with Crippen molar-refractivity contribution in [1.82, 2.24) is 5.27 Å². The minimum absolute atomic E-state index is 0.195. The zero-order valence-corrected chi connectivity index (χ0v) is 14.2. The molecule has 24 heavy (non-hydrogen) atoms. The van der Waals surface area contributed by atoms with Gasteiger partial charge in [-0.2, -0.15) is 0 Å². The maximum atomic E-state index is 12.2. The highest BCUT2D eigenvalue weighted by atomic mass is 16.5. The maximum Gasteiger partial charge on any atom is 0.324 e. The monoisotopic (exact) mass is 330 g/mol. The van der Waals surface area contributed by atoms with Crippen LogP contribution in [0.25, 0.3) is 0 Å². The summed E-state index contributed by atoms with van der Waals surface area (Å²) < 4.78 is 10.3. The van der Waals surface area contributed by atoms with Crippen LogP contribution in [-0.2, 0) is 0 Å². The molecular formula is C17H22N4O3. The lowest BCUT2D eigenvalue weighted by Crippen LogP contribution is -2.67. The summed E-state index contributed by atoms with van der Waals surface area (Å²) in [4.78, 5) is 5.66. The third kappa shape index (κ3) is 3.34. The van der Waals surface area contributed by atoms with Crippen LogP contribution in [0.15, 0.2) is 40.0 Å². The molecule has 0 N–H and O–H groups in total. The highest BCUT2D eigenvalue weighted by molar-refractivity contribution is 5.92. The van der Waals surface area contributed by atoms with Gasteiger partial charge in [-0.25, -0.2) is 4.99 Å². The molecule has 0 aliphatic carbocycles. The van der Waals surface area contributed by atoms with E-state index in [2.05, 4.69) is 29.1 Å². The average molecular weight is 330 g/mol. The fourth-order valence-corrected chi connectivity index (χ4v) is 3.10. The summed E-state index contributed by atoms with van der Waals surface area (Å²) in [5.74, 6) is 0.513. The molecule has 0 saturated carbocycles. The van der Waals surface area contributed by atoms with Crippen molar-refractivity contribution in [3.63, 3.8) is 0 Å². The summed E-state index contributed by atoms with van der Waals surface area (Å²) in [6.07, 6.45) is 5.09. The second-order valence-electron chi connectivity index (χ2n) is 6.12. The molecule has 1 aromatic heterocycles. The standard InChI is InChI=1S/C17H22N4O3/c1-12-5-4-6-13(2)21(12)20-11-16(24-19-20)18-17(22)14-7-9-15(23-3)10-8-14/h7-13H,4-6H2,1-3H3/t12-,13+. The van der Waals surface area contributed by atoms with E-state index in [0.717, 1.165) is 12.8 Å². The fourth-order valence-electron chi connectivity index (χ4n) is 3.10. The second-order valence-corrected chi connectivity index (χ2v) is 6.12. The molecule has 7 heteroatoms. The van der Waals surface area contributed by atoms with Crippen LogP contribution in [0.3, 0.4) is 0 Å². The first-order chi connectivity index (χ1) is 11.6. The van der Waals surface area contributed by atoms with Gasteiger partial charge < -0.3 is 9.84 Å². The number of piperidine rings is 1. The van der Waals surface area contributed by atoms with Gasteiger partial charge in [0.1, 0.15) is 5.75 Å². The van der Waals surface area contributed by atoms with Gasteiger partial charge in [-0.1, -0.05) is 12.1 Å². The van der Waals surface area contributed by atoms with Crippen LogP contribution in [0.4, 0.5) is 5.88 Å². The first kappa shape index (κ1) is 16.3. The molecule has 0 bridgehead atoms. The molecule has 1 aliphatic heterocycles. The molecule has 1 aromatic carbocycles. The molecule has 0 amide bonds. The van der Waals surface area contributed by atoms with Gasteiger partial charge in [-0.15, -0.1) is 5.01 Å². The molecule has 2 heterocycles. The first-order valence-electron chi connectivity index (χ1n) is 8.16. The molecule has 0 spiro atoms. The highest BCUT2D eigenvalue weighted by Crippen LogP contribution is 2.19. The normalized spacial score (nSPS) is 21.8. The number of benzene rings is 1. The summed E-state index contributed by atoms with van der Waals surface area (Å²) in [5.41, 5.74) is 0.471. The van der Waals surface area contributed by atoms with Crippen molar-refractivity contribution in [3.8, 4) is 5.75 Å². The molecule has 1 aliphatic rings. The maximum absolute atomic E-state index is 12.2. The third-order valence-corrected chi connectivity index (χ3v) is 4.38. The number of ether oxygens (including phenoxy) is 1. The summed E-state index contributed by atoms with van der Waals surface area (Å²) in [5, 5.41) is 18.4. The molecule has 7 nitrogen and oxygen atoms in total. The molecule has 0 unspecified atom stereocenters. The van der Waals surface area contributed by atoms with Crippen molar-refractivity contribution in [2.45, 2.75) is 45.2 Å². The molecule has 2 aromatic rings. The van der Waals surface area contributed by atoms with E-state index in [9.17, 15) is 5.11 Å². The van der Waals surface area contributed by atoms with Crippen molar-refractivity contribution in [3.05, 3.63) is 36.0 Å². The Morgan fingerprint density at radius 2 is 1.96 bits per heavy atom. The molecule has 1 saturated heterocycles. The Labute approximate surface area is 141 Å². The predicted octanol–water partition coefficient (Wildman–Crippen LogP) is 1.31. The topological polar surface area (TPSA) is 77.8 Å². The number of aliphatic imine (C=N–C) groups is 1. The van der Waals surface area contributed by atoms with Gasteiger partial charge in [0, 0.05) is 0 Å². The zero-order chi connectivity index (χ0) is 17.1. The Bertz CT molecular complexity index is 701. The molecule has 0 radical (unpaired) electrons. The van der Waals surface area contributed by atoms with Gasteiger partial charge in [0.05, 0.1) is 24.0 Å². The molecule has 128 valence electrons. The van der Waals surface area contributed by atoms with E-state index in [1.165, 1.54) is 6.42 Å². The van der Waals surface area contributed by atoms with Crippen LogP contribution < -0.4 is 19.6 Å². The molecule has 3 rings (SSSR count). The predicted molar refractivity (Wildman–Crippen MR) is 86.9 cm³/mol. The first-order valence-corrected chi connectivity index (χ1v) is 8.16. The Morgan fingerprint density at radius 1 is 1.29 bits per heavy atom. The number of hydrogen-bond acceptors (Lipinski definition) is 6. The van der Waals surface area contributed by atoms with Crippen molar-refractivity contribution < 1.29 is 19.2 Å². The number of hydrogen-bond donors (Lipinski definition) is 0. The Morgan fingerprint density at radius 3 is 2.58 bits per heavy atom. The van der Waals surface area contributed by atoms with Gasteiger partial charge >= 0.3 is 5.88 Å². The summed E-state index contributed by atoms with van der Waals surface area (Å²) >= 11 is 0. The fraction of sp³-hybridized carbons (Fsp3) is 0.471. The number of nitrogens with zero attached hydrogens (tertiary/aromatic N) is 4. The van der Waals surface area contributed by atoms with Gasteiger partial charge in [-0.3, -0.25) is 4.52 Å². The lowest BCUT2D eigenvalue weighted by atomic mass is 10.00. The summed E-state index contributed by atoms with van der Waals surface area (Å²) in [6.45, 7) is 4.33. The summed E-state index contributed by atoms with van der Waals surface area (Å²) in [6, 6.07) is 7.53. The van der Waals surface area contributed by atoms with E-state index in [0.29, 0.717) is 23.4 Å². The SMILES string of the molecule is COc1ccc(C([O-])=Nc2c[n+](N3[C@H](C)CCC[C@@H]3C)no2)cc1. The van der Waals surface area contributed by atoms with E-state index in [1.807, 2.05) is 0 Å². The second kappa shape index (κ2) is 6.90. The van der Waals surface area contributed by atoms with Gasteiger partial charge in [0.25, 0.3) is 6.20 Å². The van der Waals surface area contributed by atoms with Crippen molar-refractivity contribution in [1.29, 1.82) is 0 Å². The van der Waals surface area contributed by atoms with E-state index < -0.39 is 0 Å². The smallest absolute Gasteiger partial charge is 0.324 e. The number of rotatable bonds is 4. The zero-order valence-electron chi connectivity index (χ0n) is 14.2. The van der Waals surface area contributed by atoms with Crippen LogP contribution in [-0.4, -0.2) is 30.4 Å². The van der Waals surface area contributed by atoms with Gasteiger partial charge in [-0.05, 0) is 56.7 Å². The van der Waals surface area contributed by atoms with Crippen LogP contribution in [0.5, 0.6) is 5.75 Å². The van der Waals surface area contributed by atoms with E-state index in [1.54, 1.807) is 42.4 Å². The Hall–Kier alpha value is -2.57. The highest BCUT2D eigenvalue weighted by Gasteiger charge is 2.33. The van der Waals surface area contributed by atoms with Gasteiger partial charge in [0.15, 0.2) is 0 Å². The van der Waals surface area contributed by atoms with Crippen LogP contribution in [0.1, 0.15) is 38.7 Å². The number of aromatic nitrogens is 2. The third-order valence-electron chi connectivity index (χ3n) is 4.38. The average Bonchev–Trinajstić information content (AvgIpc) is 3.03. The minimum Gasteiger partial charge on any atom is -0.858 e. The molecular weight excluding hydrogens is 308 g/mol. The van der Waals surface area contributed by atoms with Crippen LogP contribution in [0, 0.1) is 0 Å². The quantitative estimate of drug-likeness (QED) is 0.480. The van der Waals surface area contributed by atoms with E-state index in [4.69, 9.17) is 9.26 Å². The Kier molecular flexibility index (Phi) is 4.69.